The van der Waals surface area contributed by atoms with Crippen LogP contribution in [0.4, 0.5) is 10.1 Å². The van der Waals surface area contributed by atoms with Crippen molar-refractivity contribution in [1.82, 2.24) is 9.30 Å². The summed E-state index contributed by atoms with van der Waals surface area (Å²) in [6.45, 7) is 6.71. The SMILES string of the molecule is Cc1c(N2CC(N)C(N3C[C@H](C)[C@@H](N)C3)C2)c(F)cn2c(=O)c(C(=O)O)cc(C3CC3)c12. The van der Waals surface area contributed by atoms with Gasteiger partial charge in [0.05, 0.1) is 17.4 Å². The van der Waals surface area contributed by atoms with Crippen LogP contribution in [0.3, 0.4) is 0 Å². The number of rotatable bonds is 4. The fourth-order valence-electron chi connectivity index (χ4n) is 5.57. The maximum atomic E-state index is 15.4. The molecule has 0 amide bonds. The van der Waals surface area contributed by atoms with E-state index in [0.29, 0.717) is 35.8 Å². The van der Waals surface area contributed by atoms with Crippen molar-refractivity contribution in [2.45, 2.75) is 50.7 Å². The maximum absolute atomic E-state index is 15.4. The average molecular weight is 444 g/mol. The van der Waals surface area contributed by atoms with Gasteiger partial charge in [-0.1, -0.05) is 6.92 Å². The van der Waals surface area contributed by atoms with Crippen LogP contribution >= 0.6 is 0 Å². The summed E-state index contributed by atoms with van der Waals surface area (Å²) in [5, 5.41) is 9.47. The van der Waals surface area contributed by atoms with Crippen LogP contribution in [0.2, 0.25) is 0 Å². The van der Waals surface area contributed by atoms with Crippen molar-refractivity contribution >= 4 is 17.2 Å². The summed E-state index contributed by atoms with van der Waals surface area (Å²) in [6.07, 6.45) is 3.01. The Morgan fingerprint density at radius 2 is 1.88 bits per heavy atom. The topological polar surface area (TPSA) is 117 Å². The number of aromatic carboxylic acids is 1. The van der Waals surface area contributed by atoms with Crippen LogP contribution < -0.4 is 21.9 Å². The quantitative estimate of drug-likeness (QED) is 0.648. The van der Waals surface area contributed by atoms with Crippen LogP contribution in [0.5, 0.6) is 0 Å². The highest BCUT2D eigenvalue weighted by atomic mass is 19.1. The van der Waals surface area contributed by atoms with E-state index in [0.717, 1.165) is 37.7 Å². The zero-order valence-electron chi connectivity index (χ0n) is 18.4. The highest BCUT2D eigenvalue weighted by Gasteiger charge is 2.41. The highest BCUT2D eigenvalue weighted by molar-refractivity contribution is 5.89. The third kappa shape index (κ3) is 3.30. The number of aryl methyl sites for hydroxylation is 1. The van der Waals surface area contributed by atoms with Crippen molar-refractivity contribution in [2.75, 3.05) is 31.1 Å². The summed E-state index contributed by atoms with van der Waals surface area (Å²) in [6, 6.07) is 1.55. The number of pyridine rings is 2. The molecular weight excluding hydrogens is 413 g/mol. The Balaban J connectivity index is 1.58. The van der Waals surface area contributed by atoms with E-state index in [1.807, 2.05) is 11.8 Å². The Labute approximate surface area is 185 Å². The molecule has 172 valence electrons. The molecule has 5 rings (SSSR count). The van der Waals surface area contributed by atoms with E-state index in [-0.39, 0.29) is 29.6 Å². The molecule has 4 atom stereocenters. The lowest BCUT2D eigenvalue weighted by molar-refractivity contribution is 0.0694. The lowest BCUT2D eigenvalue weighted by Gasteiger charge is -2.27. The summed E-state index contributed by atoms with van der Waals surface area (Å²) >= 11 is 0. The van der Waals surface area contributed by atoms with Gasteiger partial charge < -0.3 is 21.5 Å². The number of likely N-dealkylation sites (tertiary alicyclic amines) is 1. The van der Waals surface area contributed by atoms with E-state index in [1.54, 1.807) is 0 Å². The lowest BCUT2D eigenvalue weighted by atomic mass is 10.0. The monoisotopic (exact) mass is 443 g/mol. The predicted molar refractivity (Wildman–Crippen MR) is 120 cm³/mol. The maximum Gasteiger partial charge on any atom is 0.341 e. The van der Waals surface area contributed by atoms with Gasteiger partial charge in [-0.3, -0.25) is 14.1 Å². The Hall–Kier alpha value is -2.49. The molecule has 4 heterocycles. The Bertz CT molecular complexity index is 1150. The van der Waals surface area contributed by atoms with Gasteiger partial charge in [0.15, 0.2) is 5.82 Å². The fourth-order valence-corrected chi connectivity index (χ4v) is 5.57. The second-order valence-corrected chi connectivity index (χ2v) is 9.80. The molecule has 8 nitrogen and oxygen atoms in total. The minimum absolute atomic E-state index is 0.0838. The number of hydrogen-bond donors (Lipinski definition) is 3. The Morgan fingerprint density at radius 1 is 1.16 bits per heavy atom. The summed E-state index contributed by atoms with van der Waals surface area (Å²) in [5.74, 6) is -1.24. The third-order valence-corrected chi connectivity index (χ3v) is 7.51. The first-order valence-corrected chi connectivity index (χ1v) is 11.3. The first kappa shape index (κ1) is 21.4. The summed E-state index contributed by atoms with van der Waals surface area (Å²) in [7, 11) is 0. The summed E-state index contributed by atoms with van der Waals surface area (Å²) in [5.41, 5.74) is 14.2. The Kier molecular flexibility index (Phi) is 5.03. The number of anilines is 1. The van der Waals surface area contributed by atoms with Crippen molar-refractivity contribution in [1.29, 1.82) is 0 Å². The number of nitrogens with zero attached hydrogens (tertiary/aromatic N) is 3. The molecule has 1 saturated carbocycles. The lowest BCUT2D eigenvalue weighted by Crippen LogP contribution is -2.46. The van der Waals surface area contributed by atoms with Gasteiger partial charge in [-0.2, -0.15) is 0 Å². The van der Waals surface area contributed by atoms with Crippen LogP contribution in [-0.4, -0.2) is 64.7 Å². The molecule has 0 aromatic carbocycles. The van der Waals surface area contributed by atoms with Crippen LogP contribution in [0.25, 0.3) is 5.52 Å². The van der Waals surface area contributed by atoms with Gasteiger partial charge in [-0.25, -0.2) is 9.18 Å². The van der Waals surface area contributed by atoms with Crippen molar-refractivity contribution < 1.29 is 14.3 Å². The molecular formula is C23H30FN5O3. The van der Waals surface area contributed by atoms with Crippen LogP contribution in [0, 0.1) is 18.7 Å². The van der Waals surface area contributed by atoms with Gasteiger partial charge in [-0.05, 0) is 48.8 Å². The number of carboxylic acids is 1. The van der Waals surface area contributed by atoms with Gasteiger partial charge in [0.1, 0.15) is 5.56 Å². The van der Waals surface area contributed by atoms with Gasteiger partial charge >= 0.3 is 5.97 Å². The number of aromatic nitrogens is 1. The number of nitrogens with two attached hydrogens (primary N) is 2. The number of halogens is 1. The number of fused-ring (bicyclic) bond motifs is 1. The molecule has 1 aliphatic carbocycles. The minimum Gasteiger partial charge on any atom is -0.477 e. The van der Waals surface area contributed by atoms with E-state index in [9.17, 15) is 14.7 Å². The van der Waals surface area contributed by atoms with Gasteiger partial charge in [-0.15, -0.1) is 0 Å². The summed E-state index contributed by atoms with van der Waals surface area (Å²) < 4.78 is 16.6. The largest absolute Gasteiger partial charge is 0.477 e. The smallest absolute Gasteiger partial charge is 0.341 e. The van der Waals surface area contributed by atoms with Crippen LogP contribution in [-0.2, 0) is 0 Å². The number of hydrogen-bond acceptors (Lipinski definition) is 6. The van der Waals surface area contributed by atoms with Crippen LogP contribution in [0.1, 0.15) is 47.2 Å². The van der Waals surface area contributed by atoms with E-state index in [4.69, 9.17) is 11.5 Å². The molecule has 0 radical (unpaired) electrons. The molecule has 2 saturated heterocycles. The number of carboxylic acid groups (broad SMARTS) is 1. The normalized spacial score (nSPS) is 28.7. The third-order valence-electron chi connectivity index (χ3n) is 7.51. The van der Waals surface area contributed by atoms with Gasteiger partial charge in [0.25, 0.3) is 5.56 Å². The van der Waals surface area contributed by atoms with E-state index < -0.39 is 17.3 Å². The fraction of sp³-hybridized carbons (Fsp3) is 0.565. The summed E-state index contributed by atoms with van der Waals surface area (Å²) in [4.78, 5) is 28.7. The molecule has 3 aliphatic rings. The molecule has 2 aromatic rings. The molecule has 2 aromatic heterocycles. The molecule has 0 bridgehead atoms. The van der Waals surface area contributed by atoms with Crippen molar-refractivity contribution in [3.63, 3.8) is 0 Å². The van der Waals surface area contributed by atoms with Crippen molar-refractivity contribution in [3.8, 4) is 0 Å². The molecule has 9 heteroatoms. The first-order valence-electron chi connectivity index (χ1n) is 11.3. The van der Waals surface area contributed by atoms with Gasteiger partial charge in [0, 0.05) is 44.3 Å². The zero-order chi connectivity index (χ0) is 22.9. The van der Waals surface area contributed by atoms with E-state index >= 15 is 4.39 Å². The molecule has 2 aliphatic heterocycles. The number of carbonyl (C=O) groups is 1. The van der Waals surface area contributed by atoms with Gasteiger partial charge in [0.2, 0.25) is 0 Å². The second-order valence-electron chi connectivity index (χ2n) is 9.80. The average Bonchev–Trinajstić information content (AvgIpc) is 3.42. The van der Waals surface area contributed by atoms with Crippen LogP contribution in [0.15, 0.2) is 17.1 Å². The second kappa shape index (κ2) is 7.54. The Morgan fingerprint density at radius 3 is 2.47 bits per heavy atom. The molecule has 5 N–H and O–H groups in total. The molecule has 2 unspecified atom stereocenters. The van der Waals surface area contributed by atoms with E-state index in [2.05, 4.69) is 11.8 Å². The standard InChI is InChI=1S/C23H30FN5O3/c1-11-6-27(8-17(11)25)19-10-28(9-18(19)26)21-12(2)20-14(13-3-4-13)5-15(23(31)32)22(30)29(20)7-16(21)24/h5,7,11,13,17-19H,3-4,6,8-10,25-26H2,1-2H3,(H,31,32)/t11-,17-,18?,19?/m0/s1. The molecule has 32 heavy (non-hydrogen) atoms. The van der Waals surface area contributed by atoms with Crippen molar-refractivity contribution in [2.24, 2.45) is 17.4 Å². The zero-order valence-corrected chi connectivity index (χ0v) is 18.4. The molecule has 3 fully saturated rings. The van der Waals surface area contributed by atoms with E-state index in [1.165, 1.54) is 10.5 Å². The highest BCUT2D eigenvalue weighted by Crippen LogP contribution is 2.44. The van der Waals surface area contributed by atoms with Crippen molar-refractivity contribution in [3.05, 3.63) is 45.1 Å². The molecule has 0 spiro atoms. The first-order chi connectivity index (χ1) is 15.2. The minimum atomic E-state index is -1.29. The predicted octanol–water partition coefficient (Wildman–Crippen LogP) is 1.12.